The molecule has 1 amide bonds. The Morgan fingerprint density at radius 3 is 2.18 bits per heavy atom. The molecule has 6 heteroatoms. The first kappa shape index (κ1) is 16.4. The molecule has 17 heavy (non-hydrogen) atoms. The van der Waals surface area contributed by atoms with E-state index in [1.165, 1.54) is 6.92 Å². The summed E-state index contributed by atoms with van der Waals surface area (Å²) in [4.78, 5) is 11.7. The van der Waals surface area contributed by atoms with Gasteiger partial charge in [0.15, 0.2) is 9.84 Å². The topological polar surface area (TPSA) is 89.3 Å². The molecule has 0 radical (unpaired) electrons. The Hall–Kier alpha value is -0.620. The normalized spacial score (nSPS) is 16.4. The predicted octanol–water partition coefficient (Wildman–Crippen LogP) is 0.442. The highest BCUT2D eigenvalue weighted by Gasteiger charge is 2.32. The van der Waals surface area contributed by atoms with Crippen LogP contribution in [-0.2, 0) is 14.6 Å². The minimum atomic E-state index is -3.51. The van der Waals surface area contributed by atoms with Crippen LogP contribution in [0.3, 0.4) is 0 Å². The van der Waals surface area contributed by atoms with Crippen LogP contribution in [0.15, 0.2) is 0 Å². The van der Waals surface area contributed by atoms with E-state index in [1.54, 1.807) is 13.8 Å². The number of hydrogen-bond acceptors (Lipinski definition) is 4. The minimum absolute atomic E-state index is 0.0222. The summed E-state index contributed by atoms with van der Waals surface area (Å²) in [6.07, 6.45) is 0.765. The number of rotatable bonds is 6. The van der Waals surface area contributed by atoms with E-state index in [0.717, 1.165) is 6.42 Å². The number of amides is 1. The molecule has 0 aromatic carbocycles. The molecule has 5 nitrogen and oxygen atoms in total. The van der Waals surface area contributed by atoms with Crippen LogP contribution in [0.4, 0.5) is 0 Å². The van der Waals surface area contributed by atoms with Gasteiger partial charge in [0, 0.05) is 11.6 Å². The molecule has 2 atom stereocenters. The van der Waals surface area contributed by atoms with Gasteiger partial charge in [0.25, 0.3) is 0 Å². The summed E-state index contributed by atoms with van der Waals surface area (Å²) in [5.41, 5.74) is 4.85. The lowest BCUT2D eigenvalue weighted by Gasteiger charge is -2.22. The zero-order valence-corrected chi connectivity index (χ0v) is 12.1. The van der Waals surface area contributed by atoms with Crippen molar-refractivity contribution in [1.82, 2.24) is 5.32 Å². The molecule has 0 aliphatic carbocycles. The van der Waals surface area contributed by atoms with E-state index in [0.29, 0.717) is 0 Å². The molecule has 0 aliphatic heterocycles. The first-order valence-electron chi connectivity index (χ1n) is 5.80. The van der Waals surface area contributed by atoms with Crippen LogP contribution >= 0.6 is 0 Å². The Kier molecular flexibility index (Phi) is 5.61. The maximum atomic E-state index is 11.9. The smallest absolute Gasteiger partial charge is 0.238 e. The zero-order valence-electron chi connectivity index (χ0n) is 11.3. The van der Waals surface area contributed by atoms with E-state index >= 15 is 0 Å². The van der Waals surface area contributed by atoms with Gasteiger partial charge in [0.2, 0.25) is 5.91 Å². The van der Waals surface area contributed by atoms with Crippen molar-refractivity contribution in [2.45, 2.75) is 57.9 Å². The number of nitrogens with one attached hydrogen (secondary N) is 1. The monoisotopic (exact) mass is 264 g/mol. The second-order valence-corrected chi connectivity index (χ2v) is 7.58. The highest BCUT2D eigenvalue weighted by atomic mass is 32.2. The van der Waals surface area contributed by atoms with E-state index in [4.69, 9.17) is 5.73 Å². The lowest BCUT2D eigenvalue weighted by Crippen LogP contribution is -2.48. The first-order valence-corrected chi connectivity index (χ1v) is 7.52. The van der Waals surface area contributed by atoms with Gasteiger partial charge in [-0.25, -0.2) is 8.42 Å². The number of carbonyl (C=O) groups excluding carboxylic acids is 1. The fourth-order valence-electron chi connectivity index (χ4n) is 1.27. The molecular weight excluding hydrogens is 240 g/mol. The number of carbonyl (C=O) groups is 1. The maximum absolute atomic E-state index is 11.9. The van der Waals surface area contributed by atoms with Gasteiger partial charge in [0.1, 0.15) is 5.25 Å². The summed E-state index contributed by atoms with van der Waals surface area (Å²) < 4.78 is 23.8. The summed E-state index contributed by atoms with van der Waals surface area (Å²) in [7, 11) is -3.51. The van der Waals surface area contributed by atoms with Crippen LogP contribution in [0.1, 0.15) is 41.0 Å². The Bertz CT molecular complexity index is 357. The summed E-state index contributed by atoms with van der Waals surface area (Å²) in [5, 5.41) is 1.61. The Balaban J connectivity index is 4.69. The molecule has 3 N–H and O–H groups in total. The quantitative estimate of drug-likeness (QED) is 0.728. The largest absolute Gasteiger partial charge is 0.353 e. The van der Waals surface area contributed by atoms with Crippen molar-refractivity contribution in [2.75, 3.05) is 5.75 Å². The van der Waals surface area contributed by atoms with Crippen molar-refractivity contribution in [2.24, 2.45) is 5.73 Å². The molecule has 0 spiro atoms. The van der Waals surface area contributed by atoms with Crippen molar-refractivity contribution in [3.05, 3.63) is 0 Å². The fourth-order valence-corrected chi connectivity index (χ4v) is 2.95. The van der Waals surface area contributed by atoms with E-state index in [9.17, 15) is 13.2 Å². The number of nitrogens with two attached hydrogens (primary N) is 1. The van der Waals surface area contributed by atoms with Crippen molar-refractivity contribution >= 4 is 15.7 Å². The van der Waals surface area contributed by atoms with Gasteiger partial charge in [-0.15, -0.1) is 0 Å². The van der Waals surface area contributed by atoms with Gasteiger partial charge >= 0.3 is 0 Å². The molecule has 0 saturated heterocycles. The van der Waals surface area contributed by atoms with Gasteiger partial charge < -0.3 is 11.1 Å². The van der Waals surface area contributed by atoms with Crippen LogP contribution in [-0.4, -0.2) is 36.9 Å². The minimum Gasteiger partial charge on any atom is -0.353 e. The zero-order chi connectivity index (χ0) is 13.9. The maximum Gasteiger partial charge on any atom is 0.238 e. The second kappa shape index (κ2) is 5.82. The molecule has 0 aromatic rings. The molecule has 0 bridgehead atoms. The summed E-state index contributed by atoms with van der Waals surface area (Å²) >= 11 is 0. The molecule has 0 fully saturated rings. The van der Waals surface area contributed by atoms with Crippen LogP contribution in [0.2, 0.25) is 0 Å². The molecule has 0 saturated carbocycles. The third kappa shape index (κ3) is 6.02. The molecule has 102 valence electrons. The Morgan fingerprint density at radius 2 is 1.82 bits per heavy atom. The third-order valence-corrected chi connectivity index (χ3v) is 4.92. The van der Waals surface area contributed by atoms with Gasteiger partial charge in [-0.2, -0.15) is 0 Å². The van der Waals surface area contributed by atoms with Crippen LogP contribution in [0.25, 0.3) is 0 Å². The highest BCUT2D eigenvalue weighted by Crippen LogP contribution is 2.10. The Labute approximate surface area is 104 Å². The summed E-state index contributed by atoms with van der Waals surface area (Å²) in [5.74, 6) is -0.654. The molecule has 0 rings (SSSR count). The predicted molar refractivity (Wildman–Crippen MR) is 69.4 cm³/mol. The van der Waals surface area contributed by atoms with E-state index < -0.39 is 26.5 Å². The fraction of sp³-hybridized carbons (Fsp3) is 0.909. The van der Waals surface area contributed by atoms with E-state index in [2.05, 4.69) is 5.32 Å². The van der Waals surface area contributed by atoms with E-state index in [-0.39, 0.29) is 11.8 Å². The number of hydrogen-bond donors (Lipinski definition) is 2. The first-order chi connectivity index (χ1) is 7.49. The Morgan fingerprint density at radius 1 is 1.35 bits per heavy atom. The molecule has 2 unspecified atom stereocenters. The highest BCUT2D eigenvalue weighted by molar-refractivity contribution is 7.92. The average Bonchev–Trinajstić information content (AvgIpc) is 2.12. The van der Waals surface area contributed by atoms with Crippen molar-refractivity contribution in [3.63, 3.8) is 0 Å². The lowest BCUT2D eigenvalue weighted by molar-refractivity contribution is -0.121. The number of sulfone groups is 1. The summed E-state index contributed by atoms with van der Waals surface area (Å²) in [6.45, 7) is 8.42. The van der Waals surface area contributed by atoms with Gasteiger partial charge in [0.05, 0.1) is 5.75 Å². The van der Waals surface area contributed by atoms with Crippen LogP contribution in [0, 0.1) is 0 Å². The lowest BCUT2D eigenvalue weighted by atomic mass is 10.1. The average molecular weight is 264 g/mol. The molecule has 0 aliphatic rings. The SMILES string of the molecule is CCC(C)NC(=O)C(C)S(=O)(=O)CC(C)(C)N. The van der Waals surface area contributed by atoms with Crippen molar-refractivity contribution in [3.8, 4) is 0 Å². The van der Waals surface area contributed by atoms with Gasteiger partial charge in [-0.1, -0.05) is 6.92 Å². The van der Waals surface area contributed by atoms with Crippen LogP contribution < -0.4 is 11.1 Å². The van der Waals surface area contributed by atoms with Gasteiger partial charge in [-0.05, 0) is 34.1 Å². The molecule has 0 aromatic heterocycles. The summed E-state index contributed by atoms with van der Waals surface area (Å²) in [6, 6.07) is -0.0222. The molecule has 0 heterocycles. The van der Waals surface area contributed by atoms with Gasteiger partial charge in [-0.3, -0.25) is 4.79 Å². The van der Waals surface area contributed by atoms with E-state index in [1.807, 2.05) is 13.8 Å². The standard InChI is InChI=1S/C11H24N2O3S/c1-6-8(2)13-10(14)9(3)17(15,16)7-11(4,5)12/h8-9H,6-7,12H2,1-5H3,(H,13,14). The van der Waals surface area contributed by atoms with Crippen molar-refractivity contribution in [1.29, 1.82) is 0 Å². The van der Waals surface area contributed by atoms with Crippen LogP contribution in [0.5, 0.6) is 0 Å². The third-order valence-electron chi connectivity index (χ3n) is 2.48. The second-order valence-electron chi connectivity index (χ2n) is 5.26. The molecular formula is C11H24N2O3S. The van der Waals surface area contributed by atoms with Crippen molar-refractivity contribution < 1.29 is 13.2 Å².